The molecule has 5 rings (SSSR count). The number of hydrogen-bond acceptors (Lipinski definition) is 0. The number of aryl methyl sites for hydroxylation is 2. The second-order valence-corrected chi connectivity index (χ2v) is 16.0. The zero-order valence-electron chi connectivity index (χ0n) is 27.3. The van der Waals surface area contributed by atoms with Crippen molar-refractivity contribution in [1.29, 1.82) is 0 Å². The average molecular weight is 547 g/mol. The van der Waals surface area contributed by atoms with E-state index in [4.69, 9.17) is 0 Å². The molecule has 0 spiro atoms. The monoisotopic (exact) mass is 546 g/mol. The van der Waals surface area contributed by atoms with Crippen LogP contribution >= 0.6 is 0 Å². The second kappa shape index (κ2) is 11.2. The van der Waals surface area contributed by atoms with Crippen molar-refractivity contribution >= 4 is 6.08 Å². The van der Waals surface area contributed by atoms with Gasteiger partial charge in [0.05, 0.1) is 0 Å². The molecule has 0 nitrogen and oxygen atoms in total. The Morgan fingerprint density at radius 1 is 0.902 bits per heavy atom. The molecule has 2 aromatic rings. The van der Waals surface area contributed by atoms with Gasteiger partial charge in [0.1, 0.15) is 0 Å². The molecule has 0 bridgehead atoms. The van der Waals surface area contributed by atoms with Gasteiger partial charge in [-0.05, 0) is 126 Å². The first-order chi connectivity index (χ1) is 19.2. The SMILES string of the molecule is C=C1C=CC(CC(C)(C)C)C(=C)C1CC1=Cc2cccc(-c3cc(C)cc(C)c3C[C@@H]3CCC(C(C)(C)C)C3)c2C1. The largest absolute Gasteiger partial charge is 0.0986 e. The summed E-state index contributed by atoms with van der Waals surface area (Å²) in [6, 6.07) is 11.9. The van der Waals surface area contributed by atoms with E-state index in [1.54, 1.807) is 5.56 Å². The lowest BCUT2D eigenvalue weighted by atomic mass is 9.71. The molecule has 0 aliphatic heterocycles. The first-order valence-electron chi connectivity index (χ1n) is 16.2. The van der Waals surface area contributed by atoms with E-state index >= 15 is 0 Å². The predicted molar refractivity (Wildman–Crippen MR) is 180 cm³/mol. The Labute approximate surface area is 251 Å². The van der Waals surface area contributed by atoms with E-state index in [1.807, 2.05) is 0 Å². The fourth-order valence-corrected chi connectivity index (χ4v) is 8.02. The van der Waals surface area contributed by atoms with Crippen molar-refractivity contribution in [3.8, 4) is 11.1 Å². The highest BCUT2D eigenvalue weighted by Gasteiger charge is 2.34. The minimum Gasteiger partial charge on any atom is -0.0986 e. The van der Waals surface area contributed by atoms with Crippen LogP contribution in [0.1, 0.15) is 101 Å². The maximum Gasteiger partial charge on any atom is 0.00827 e. The van der Waals surface area contributed by atoms with Gasteiger partial charge in [-0.2, -0.15) is 0 Å². The molecule has 0 aromatic heterocycles. The zero-order valence-corrected chi connectivity index (χ0v) is 27.3. The highest BCUT2D eigenvalue weighted by molar-refractivity contribution is 5.80. The molecule has 4 atom stereocenters. The van der Waals surface area contributed by atoms with E-state index in [2.05, 4.69) is 117 Å². The lowest BCUT2D eigenvalue weighted by Gasteiger charge is -2.33. The summed E-state index contributed by atoms with van der Waals surface area (Å²) in [5, 5.41) is 0. The lowest BCUT2D eigenvalue weighted by molar-refractivity contribution is 0.239. The van der Waals surface area contributed by atoms with Gasteiger partial charge in [-0.1, -0.05) is 120 Å². The number of rotatable bonds is 6. The van der Waals surface area contributed by atoms with Gasteiger partial charge in [-0.15, -0.1) is 0 Å². The number of hydrogen-bond donors (Lipinski definition) is 0. The minimum atomic E-state index is 0.286. The molecule has 3 unspecified atom stereocenters. The average Bonchev–Trinajstić information content (AvgIpc) is 3.51. The molecule has 0 radical (unpaired) electrons. The van der Waals surface area contributed by atoms with Crippen LogP contribution in [0.4, 0.5) is 0 Å². The van der Waals surface area contributed by atoms with Gasteiger partial charge in [0.25, 0.3) is 0 Å². The molecule has 0 amide bonds. The van der Waals surface area contributed by atoms with Crippen LogP contribution in [0.2, 0.25) is 0 Å². The summed E-state index contributed by atoms with van der Waals surface area (Å²) in [6.45, 7) is 28.0. The van der Waals surface area contributed by atoms with Gasteiger partial charge >= 0.3 is 0 Å². The van der Waals surface area contributed by atoms with Crippen LogP contribution in [0.25, 0.3) is 17.2 Å². The van der Waals surface area contributed by atoms with E-state index in [0.29, 0.717) is 17.3 Å². The first-order valence-corrected chi connectivity index (χ1v) is 16.2. The Kier molecular flexibility index (Phi) is 8.19. The highest BCUT2D eigenvalue weighted by atomic mass is 14.4. The maximum absolute atomic E-state index is 4.63. The topological polar surface area (TPSA) is 0 Å². The number of benzene rings is 2. The Bertz CT molecular complexity index is 1390. The summed E-state index contributed by atoms with van der Waals surface area (Å²) in [5.74, 6) is 2.42. The molecule has 218 valence electrons. The van der Waals surface area contributed by atoms with Gasteiger partial charge in [0.15, 0.2) is 0 Å². The first kappa shape index (κ1) is 29.9. The Balaban J connectivity index is 1.39. The van der Waals surface area contributed by atoms with Gasteiger partial charge in [0.2, 0.25) is 0 Å². The molecular weight excluding hydrogens is 492 g/mol. The van der Waals surface area contributed by atoms with Crippen molar-refractivity contribution in [2.45, 2.75) is 100 Å². The third-order valence-electron chi connectivity index (χ3n) is 10.4. The summed E-state index contributed by atoms with van der Waals surface area (Å²) < 4.78 is 0. The number of fused-ring (bicyclic) bond motifs is 1. The molecular formula is C41H54. The minimum absolute atomic E-state index is 0.286. The number of allylic oxidation sites excluding steroid dienone is 5. The third kappa shape index (κ3) is 6.58. The molecule has 0 heterocycles. The second-order valence-electron chi connectivity index (χ2n) is 16.0. The van der Waals surface area contributed by atoms with Gasteiger partial charge in [-0.25, -0.2) is 0 Å². The standard InChI is InChI=1S/C41H54/c1-26-18-28(3)37(22-30-15-17-34(21-30)41(8,9)10)39(19-26)35-13-11-12-32-20-31(24-38(32)35)23-36-27(2)14-16-33(29(36)4)25-40(5,6)7/h11-14,16,18-20,30,33-34,36H,2,4,15,17,21-25H2,1,3,5-10H3/t30-,33?,34?,36?/m1/s1. The van der Waals surface area contributed by atoms with Crippen molar-refractivity contribution in [3.63, 3.8) is 0 Å². The van der Waals surface area contributed by atoms with Crippen molar-refractivity contribution in [2.24, 2.45) is 34.5 Å². The van der Waals surface area contributed by atoms with Crippen LogP contribution in [-0.2, 0) is 12.8 Å². The fourth-order valence-electron chi connectivity index (χ4n) is 8.02. The Morgan fingerprint density at radius 2 is 1.66 bits per heavy atom. The summed E-state index contributed by atoms with van der Waals surface area (Å²) in [4.78, 5) is 0. The molecule has 1 saturated carbocycles. The quantitative estimate of drug-likeness (QED) is 0.316. The van der Waals surface area contributed by atoms with Crippen molar-refractivity contribution in [2.75, 3.05) is 0 Å². The molecule has 1 fully saturated rings. The summed E-state index contributed by atoms with van der Waals surface area (Å²) >= 11 is 0. The van der Waals surface area contributed by atoms with Crippen molar-refractivity contribution in [1.82, 2.24) is 0 Å². The third-order valence-corrected chi connectivity index (χ3v) is 10.4. The van der Waals surface area contributed by atoms with E-state index in [-0.39, 0.29) is 5.41 Å². The van der Waals surface area contributed by atoms with Crippen LogP contribution in [-0.4, -0.2) is 0 Å². The summed E-state index contributed by atoms with van der Waals surface area (Å²) in [5.41, 5.74) is 15.1. The van der Waals surface area contributed by atoms with E-state index in [9.17, 15) is 0 Å². The molecule has 41 heavy (non-hydrogen) atoms. The van der Waals surface area contributed by atoms with Crippen LogP contribution in [0.15, 0.2) is 72.4 Å². The fraction of sp³-hybridized carbons (Fsp3) is 0.512. The molecule has 3 aliphatic carbocycles. The smallest absolute Gasteiger partial charge is 0.00827 e. The van der Waals surface area contributed by atoms with Crippen LogP contribution in [0.5, 0.6) is 0 Å². The molecule has 2 aromatic carbocycles. The van der Waals surface area contributed by atoms with Crippen LogP contribution in [0, 0.1) is 48.3 Å². The summed E-state index contributed by atoms with van der Waals surface area (Å²) in [6.07, 6.45) is 15.6. The van der Waals surface area contributed by atoms with Gasteiger partial charge < -0.3 is 0 Å². The Morgan fingerprint density at radius 3 is 2.34 bits per heavy atom. The Hall–Kier alpha value is -2.60. The molecule has 0 N–H and O–H groups in total. The van der Waals surface area contributed by atoms with E-state index in [0.717, 1.165) is 31.1 Å². The van der Waals surface area contributed by atoms with Crippen molar-refractivity contribution in [3.05, 3.63) is 100 Å². The molecule has 3 aliphatic rings. The van der Waals surface area contributed by atoms with Gasteiger partial charge in [-0.3, -0.25) is 0 Å². The van der Waals surface area contributed by atoms with Crippen molar-refractivity contribution < 1.29 is 0 Å². The molecule has 0 saturated heterocycles. The highest BCUT2D eigenvalue weighted by Crippen LogP contribution is 2.46. The normalized spacial score (nSPS) is 24.6. The van der Waals surface area contributed by atoms with E-state index in [1.165, 1.54) is 75.8 Å². The predicted octanol–water partition coefficient (Wildman–Crippen LogP) is 11.7. The van der Waals surface area contributed by atoms with Crippen LogP contribution in [0.3, 0.4) is 0 Å². The van der Waals surface area contributed by atoms with E-state index < -0.39 is 0 Å². The molecule has 0 heteroatoms. The maximum atomic E-state index is 4.63. The lowest BCUT2D eigenvalue weighted by Crippen LogP contribution is -2.21. The van der Waals surface area contributed by atoms with Crippen LogP contribution < -0.4 is 0 Å². The zero-order chi connectivity index (χ0) is 29.7. The van der Waals surface area contributed by atoms with Gasteiger partial charge in [0, 0.05) is 5.92 Å². The summed E-state index contributed by atoms with van der Waals surface area (Å²) in [7, 11) is 0.